The van der Waals surface area contributed by atoms with Crippen molar-refractivity contribution < 1.29 is 5.21 Å². The molecule has 0 aromatic heterocycles. The number of hydrogen-bond acceptors (Lipinski definition) is 2. The third-order valence-corrected chi connectivity index (χ3v) is 2.03. The van der Waals surface area contributed by atoms with Gasteiger partial charge < -0.3 is 0 Å². The largest absolute Gasteiger partial charge is 0.292 e. The van der Waals surface area contributed by atoms with Crippen LogP contribution < -0.4 is 5.48 Å². The molecule has 2 N–H and O–H groups in total. The maximum absolute atomic E-state index is 8.44. The zero-order valence-corrected chi connectivity index (χ0v) is 8.49. The van der Waals surface area contributed by atoms with E-state index in [1.165, 1.54) is 11.8 Å². The fourth-order valence-corrected chi connectivity index (χ4v) is 1.23. The number of hydrogen-bond donors (Lipinski definition) is 2. The van der Waals surface area contributed by atoms with Crippen molar-refractivity contribution in [3.63, 3.8) is 0 Å². The van der Waals surface area contributed by atoms with Gasteiger partial charge in [0.15, 0.2) is 0 Å². The van der Waals surface area contributed by atoms with Crippen LogP contribution in [0.4, 0.5) is 0 Å². The zero-order valence-electron chi connectivity index (χ0n) is 8.49. The first-order valence-electron chi connectivity index (χ1n) is 4.57. The summed E-state index contributed by atoms with van der Waals surface area (Å²) in [5.74, 6) is 0. The van der Waals surface area contributed by atoms with Crippen LogP contribution in [-0.2, 0) is 0 Å². The van der Waals surface area contributed by atoms with Crippen molar-refractivity contribution in [1.82, 2.24) is 5.48 Å². The van der Waals surface area contributed by atoms with Gasteiger partial charge in [-0.25, -0.2) is 0 Å². The van der Waals surface area contributed by atoms with Crippen LogP contribution >= 0.6 is 0 Å². The summed E-state index contributed by atoms with van der Waals surface area (Å²) in [5, 5.41) is 8.44. The first kappa shape index (κ1) is 10.5. The van der Waals surface area contributed by atoms with Crippen molar-refractivity contribution in [2.24, 2.45) is 0 Å². The number of allylic oxidation sites excluding steroid dienone is 3. The Hall–Kier alpha value is -1.54. The second kappa shape index (κ2) is 5.25. The first-order chi connectivity index (χ1) is 6.77. The smallest absolute Gasteiger partial charge is 0.0246 e. The van der Waals surface area contributed by atoms with E-state index in [-0.39, 0.29) is 0 Å². The average molecular weight is 189 g/mol. The molecule has 74 valence electrons. The molecule has 1 aromatic rings. The summed E-state index contributed by atoms with van der Waals surface area (Å²) in [6, 6.07) is 8.26. The highest BCUT2D eigenvalue weighted by atomic mass is 16.5. The fraction of sp³-hybridized carbons (Fsp3) is 0.167. The summed E-state index contributed by atoms with van der Waals surface area (Å²) in [6.07, 6.45) is 5.32. The Bertz CT molecular complexity index is 336. The standard InChI is InChI=1S/C12H15NO/c1-3-11(8-9-13-14)12-6-4-10(2)5-7-12/h3-9,13-14H,1-2H3/b9-8-,11-3+. The van der Waals surface area contributed by atoms with Gasteiger partial charge in [-0.3, -0.25) is 10.7 Å². The molecule has 0 aliphatic heterocycles. The fourth-order valence-electron chi connectivity index (χ4n) is 1.23. The van der Waals surface area contributed by atoms with Crippen LogP contribution in [0.3, 0.4) is 0 Å². The molecular formula is C12H15NO. The third kappa shape index (κ3) is 2.75. The van der Waals surface area contributed by atoms with Gasteiger partial charge in [0.25, 0.3) is 0 Å². The lowest BCUT2D eigenvalue weighted by Gasteiger charge is -2.02. The second-order valence-corrected chi connectivity index (χ2v) is 3.07. The van der Waals surface area contributed by atoms with Crippen LogP contribution in [0.2, 0.25) is 0 Å². The van der Waals surface area contributed by atoms with E-state index < -0.39 is 0 Å². The number of benzene rings is 1. The predicted octanol–water partition coefficient (Wildman–Crippen LogP) is 2.89. The number of rotatable bonds is 3. The van der Waals surface area contributed by atoms with Crippen LogP contribution in [0.25, 0.3) is 5.57 Å². The third-order valence-electron chi connectivity index (χ3n) is 2.03. The molecule has 0 atom stereocenters. The predicted molar refractivity (Wildman–Crippen MR) is 58.9 cm³/mol. The Morgan fingerprint density at radius 3 is 2.43 bits per heavy atom. The van der Waals surface area contributed by atoms with Crippen molar-refractivity contribution in [1.29, 1.82) is 0 Å². The topological polar surface area (TPSA) is 32.3 Å². The highest BCUT2D eigenvalue weighted by molar-refractivity contribution is 5.73. The van der Waals surface area contributed by atoms with E-state index in [0.29, 0.717) is 0 Å². The Balaban J connectivity index is 2.91. The Kier molecular flexibility index (Phi) is 3.95. The van der Waals surface area contributed by atoms with Crippen molar-refractivity contribution in [2.45, 2.75) is 13.8 Å². The molecule has 0 unspecified atom stereocenters. The van der Waals surface area contributed by atoms with Gasteiger partial charge in [-0.05, 0) is 31.1 Å². The molecule has 0 fully saturated rings. The molecule has 14 heavy (non-hydrogen) atoms. The number of nitrogens with one attached hydrogen (secondary N) is 1. The minimum atomic E-state index is 1.08. The van der Waals surface area contributed by atoms with Crippen LogP contribution in [0, 0.1) is 6.92 Å². The van der Waals surface area contributed by atoms with Crippen molar-refractivity contribution >= 4 is 5.57 Å². The van der Waals surface area contributed by atoms with Crippen LogP contribution in [-0.4, -0.2) is 5.21 Å². The molecule has 1 rings (SSSR count). The summed E-state index contributed by atoms with van der Waals surface area (Å²) in [5.41, 5.74) is 5.45. The number of hydroxylamine groups is 1. The quantitative estimate of drug-likeness (QED) is 0.566. The molecule has 0 amide bonds. The van der Waals surface area contributed by atoms with Gasteiger partial charge in [0.2, 0.25) is 0 Å². The minimum Gasteiger partial charge on any atom is -0.292 e. The normalized spacial score (nSPS) is 12.1. The van der Waals surface area contributed by atoms with E-state index in [1.54, 1.807) is 0 Å². The summed E-state index contributed by atoms with van der Waals surface area (Å²) in [4.78, 5) is 0. The summed E-state index contributed by atoms with van der Waals surface area (Å²) in [7, 11) is 0. The first-order valence-corrected chi connectivity index (χ1v) is 4.57. The Labute approximate surface area is 84.5 Å². The molecule has 0 bridgehead atoms. The molecule has 0 aliphatic rings. The molecule has 0 aliphatic carbocycles. The molecule has 2 heteroatoms. The summed E-state index contributed by atoms with van der Waals surface area (Å²) >= 11 is 0. The summed E-state index contributed by atoms with van der Waals surface area (Å²) in [6.45, 7) is 4.03. The van der Waals surface area contributed by atoms with Crippen LogP contribution in [0.5, 0.6) is 0 Å². The van der Waals surface area contributed by atoms with Gasteiger partial charge in [0, 0.05) is 6.20 Å². The molecule has 0 radical (unpaired) electrons. The minimum absolute atomic E-state index is 1.08. The molecule has 0 heterocycles. The van der Waals surface area contributed by atoms with E-state index in [4.69, 9.17) is 5.21 Å². The van der Waals surface area contributed by atoms with Crippen molar-refractivity contribution in [2.75, 3.05) is 0 Å². The monoisotopic (exact) mass is 189 g/mol. The van der Waals surface area contributed by atoms with Crippen molar-refractivity contribution in [3.05, 3.63) is 53.7 Å². The highest BCUT2D eigenvalue weighted by Crippen LogP contribution is 2.15. The van der Waals surface area contributed by atoms with E-state index in [9.17, 15) is 0 Å². The van der Waals surface area contributed by atoms with Crippen LogP contribution in [0.15, 0.2) is 42.6 Å². The molecular weight excluding hydrogens is 174 g/mol. The van der Waals surface area contributed by atoms with E-state index in [1.807, 2.05) is 24.6 Å². The lowest BCUT2D eigenvalue weighted by Crippen LogP contribution is -1.93. The maximum atomic E-state index is 8.44. The van der Waals surface area contributed by atoms with E-state index >= 15 is 0 Å². The van der Waals surface area contributed by atoms with Gasteiger partial charge in [0.1, 0.15) is 0 Å². The van der Waals surface area contributed by atoms with E-state index in [2.05, 4.69) is 31.2 Å². The van der Waals surface area contributed by atoms with E-state index in [0.717, 1.165) is 11.1 Å². The van der Waals surface area contributed by atoms with Crippen molar-refractivity contribution in [3.8, 4) is 0 Å². The van der Waals surface area contributed by atoms with Gasteiger partial charge in [-0.15, -0.1) is 0 Å². The van der Waals surface area contributed by atoms with Gasteiger partial charge in [0.05, 0.1) is 0 Å². The lowest BCUT2D eigenvalue weighted by molar-refractivity contribution is 0.214. The average Bonchev–Trinajstić information content (AvgIpc) is 2.21. The highest BCUT2D eigenvalue weighted by Gasteiger charge is 1.95. The Morgan fingerprint density at radius 1 is 1.29 bits per heavy atom. The molecule has 0 spiro atoms. The van der Waals surface area contributed by atoms with Gasteiger partial charge in [-0.2, -0.15) is 0 Å². The number of aryl methyl sites for hydroxylation is 1. The lowest BCUT2D eigenvalue weighted by atomic mass is 10.0. The molecule has 0 saturated carbocycles. The zero-order chi connectivity index (χ0) is 10.4. The van der Waals surface area contributed by atoms with Gasteiger partial charge >= 0.3 is 0 Å². The second-order valence-electron chi connectivity index (χ2n) is 3.07. The summed E-state index contributed by atoms with van der Waals surface area (Å²) < 4.78 is 0. The van der Waals surface area contributed by atoms with Crippen LogP contribution in [0.1, 0.15) is 18.1 Å². The SMILES string of the molecule is C/C=C(\C=C/NO)c1ccc(C)cc1. The molecule has 0 saturated heterocycles. The van der Waals surface area contributed by atoms with Gasteiger partial charge in [-0.1, -0.05) is 35.9 Å². The Morgan fingerprint density at radius 2 is 1.93 bits per heavy atom. The molecule has 2 nitrogen and oxygen atoms in total. The maximum Gasteiger partial charge on any atom is 0.0246 e. The molecule has 1 aromatic carbocycles.